The minimum absolute atomic E-state index is 0.239. The maximum atomic E-state index is 12.2. The van der Waals surface area contributed by atoms with Crippen LogP contribution in [0.2, 0.25) is 0 Å². The molecule has 1 heterocycles. The summed E-state index contributed by atoms with van der Waals surface area (Å²) in [7, 11) is 1.43. The molecule has 0 radical (unpaired) electrons. The lowest BCUT2D eigenvalue weighted by molar-refractivity contribution is -0.144. The topological polar surface area (TPSA) is 70.1 Å². The quantitative estimate of drug-likeness (QED) is 0.653. The van der Waals surface area contributed by atoms with E-state index in [-0.39, 0.29) is 12.0 Å². The maximum absolute atomic E-state index is 12.2. The Kier molecular flexibility index (Phi) is 5.06. The van der Waals surface area contributed by atoms with Crippen molar-refractivity contribution < 1.29 is 9.53 Å². The third-order valence-electron chi connectivity index (χ3n) is 4.30. The van der Waals surface area contributed by atoms with Crippen LogP contribution in [0.4, 0.5) is 5.69 Å². The smallest absolute Gasteiger partial charge is 0.328 e. The Bertz CT molecular complexity index is 659. The van der Waals surface area contributed by atoms with Crippen molar-refractivity contribution in [2.45, 2.75) is 52.0 Å². The van der Waals surface area contributed by atoms with Crippen LogP contribution in [0.3, 0.4) is 0 Å². The van der Waals surface area contributed by atoms with Gasteiger partial charge >= 0.3 is 5.97 Å². The van der Waals surface area contributed by atoms with E-state index in [1.165, 1.54) is 7.11 Å². The summed E-state index contributed by atoms with van der Waals surface area (Å²) in [5, 5.41) is 0. The molecule has 0 aliphatic heterocycles. The van der Waals surface area contributed by atoms with Crippen LogP contribution in [-0.2, 0) is 9.53 Å². The van der Waals surface area contributed by atoms with Gasteiger partial charge in [0.15, 0.2) is 0 Å². The number of para-hydroxylation sites is 1. The summed E-state index contributed by atoms with van der Waals surface area (Å²) < 4.78 is 7.01. The van der Waals surface area contributed by atoms with E-state index in [2.05, 4.69) is 13.8 Å². The minimum atomic E-state index is -0.368. The molecule has 1 aromatic carbocycles. The normalized spacial score (nSPS) is 12.8. The number of benzene rings is 1. The van der Waals surface area contributed by atoms with Crippen LogP contribution in [-0.4, -0.2) is 22.6 Å². The summed E-state index contributed by atoms with van der Waals surface area (Å²) in [6, 6.07) is 5.34. The molecule has 0 saturated heterocycles. The van der Waals surface area contributed by atoms with Gasteiger partial charge in [0.05, 0.1) is 18.3 Å². The van der Waals surface area contributed by atoms with E-state index in [4.69, 9.17) is 15.5 Å². The molecule has 0 aliphatic rings. The molecule has 2 N–H and O–H groups in total. The highest BCUT2D eigenvalue weighted by atomic mass is 16.5. The highest BCUT2D eigenvalue weighted by Gasteiger charge is 2.27. The predicted octanol–water partition coefficient (Wildman–Crippen LogP) is 3.65. The molecule has 5 nitrogen and oxygen atoms in total. The molecule has 0 amide bonds. The first kappa shape index (κ1) is 16.3. The van der Waals surface area contributed by atoms with Crippen molar-refractivity contribution in [2.75, 3.05) is 12.8 Å². The number of anilines is 1. The predicted molar refractivity (Wildman–Crippen MR) is 88.8 cm³/mol. The number of methoxy groups -OCH3 is 1. The zero-order chi connectivity index (χ0) is 16.3. The second kappa shape index (κ2) is 6.81. The minimum Gasteiger partial charge on any atom is -0.467 e. The lowest BCUT2D eigenvalue weighted by Gasteiger charge is -2.21. The number of rotatable bonds is 6. The van der Waals surface area contributed by atoms with Gasteiger partial charge in [-0.05, 0) is 31.4 Å². The average molecular weight is 303 g/mol. The number of esters is 1. The molecule has 0 fully saturated rings. The van der Waals surface area contributed by atoms with Gasteiger partial charge in [0, 0.05) is 5.92 Å². The molecule has 0 bridgehead atoms. The second-order valence-electron chi connectivity index (χ2n) is 5.52. The molecule has 0 spiro atoms. The van der Waals surface area contributed by atoms with Gasteiger partial charge in [-0.15, -0.1) is 0 Å². The van der Waals surface area contributed by atoms with Gasteiger partial charge in [-0.25, -0.2) is 9.78 Å². The van der Waals surface area contributed by atoms with Crippen LogP contribution in [0.15, 0.2) is 18.2 Å². The molecule has 2 rings (SSSR count). The maximum Gasteiger partial charge on any atom is 0.328 e. The Morgan fingerprint density at radius 2 is 1.95 bits per heavy atom. The Balaban J connectivity index is 2.74. The number of hydrogen-bond donors (Lipinski definition) is 1. The first-order valence-electron chi connectivity index (χ1n) is 7.93. The van der Waals surface area contributed by atoms with E-state index in [1.807, 2.05) is 29.7 Å². The van der Waals surface area contributed by atoms with E-state index < -0.39 is 0 Å². The Morgan fingerprint density at radius 3 is 2.50 bits per heavy atom. The Hall–Kier alpha value is -2.04. The van der Waals surface area contributed by atoms with Crippen molar-refractivity contribution in [2.24, 2.45) is 0 Å². The SMILES string of the molecule is CCC(CC)c1nc2c(N)cccc2n1C(CC)C(=O)OC. The van der Waals surface area contributed by atoms with Crippen molar-refractivity contribution in [3.05, 3.63) is 24.0 Å². The fourth-order valence-electron chi connectivity index (χ4n) is 3.02. The number of nitrogens with zero attached hydrogens (tertiary/aromatic N) is 2. The van der Waals surface area contributed by atoms with Crippen LogP contribution in [0.1, 0.15) is 57.8 Å². The number of carbonyl (C=O) groups excluding carboxylic acids is 1. The summed E-state index contributed by atoms with van der Waals surface area (Å²) in [5.41, 5.74) is 8.39. The fraction of sp³-hybridized carbons (Fsp3) is 0.529. The van der Waals surface area contributed by atoms with Gasteiger partial charge in [0.1, 0.15) is 17.4 Å². The lowest BCUT2D eigenvalue weighted by Crippen LogP contribution is -2.23. The third kappa shape index (κ3) is 2.67. The fourth-order valence-corrected chi connectivity index (χ4v) is 3.02. The Morgan fingerprint density at radius 1 is 1.27 bits per heavy atom. The average Bonchev–Trinajstić information content (AvgIpc) is 2.90. The summed E-state index contributed by atoms with van der Waals surface area (Å²) in [4.78, 5) is 17.0. The zero-order valence-corrected chi connectivity index (χ0v) is 13.8. The molecule has 2 aromatic rings. The van der Waals surface area contributed by atoms with Gasteiger partial charge < -0.3 is 15.0 Å². The molecular weight excluding hydrogens is 278 g/mol. The second-order valence-corrected chi connectivity index (χ2v) is 5.52. The van der Waals surface area contributed by atoms with Gasteiger partial charge in [-0.3, -0.25) is 0 Å². The first-order chi connectivity index (χ1) is 10.6. The van der Waals surface area contributed by atoms with Crippen molar-refractivity contribution in [3.63, 3.8) is 0 Å². The molecule has 1 unspecified atom stereocenters. The molecular formula is C17H25N3O2. The number of aromatic nitrogens is 2. The number of nitrogens with two attached hydrogens (primary N) is 1. The van der Waals surface area contributed by atoms with Crippen molar-refractivity contribution in [3.8, 4) is 0 Å². The van der Waals surface area contributed by atoms with Gasteiger partial charge in [0.2, 0.25) is 0 Å². The number of nitrogen functional groups attached to an aromatic ring is 1. The van der Waals surface area contributed by atoms with E-state index in [0.717, 1.165) is 29.7 Å². The number of carbonyl (C=O) groups is 1. The van der Waals surface area contributed by atoms with Crippen molar-refractivity contribution >= 4 is 22.7 Å². The number of ether oxygens (including phenoxy) is 1. The number of hydrogen-bond acceptors (Lipinski definition) is 4. The molecule has 22 heavy (non-hydrogen) atoms. The van der Waals surface area contributed by atoms with Crippen LogP contribution in [0, 0.1) is 0 Å². The molecule has 5 heteroatoms. The van der Waals surface area contributed by atoms with E-state index in [0.29, 0.717) is 18.0 Å². The molecule has 0 saturated carbocycles. The van der Waals surface area contributed by atoms with Crippen LogP contribution >= 0.6 is 0 Å². The number of fused-ring (bicyclic) bond motifs is 1. The van der Waals surface area contributed by atoms with Gasteiger partial charge in [-0.2, -0.15) is 0 Å². The summed E-state index contributed by atoms with van der Waals surface area (Å²) in [6.07, 6.45) is 2.59. The highest BCUT2D eigenvalue weighted by molar-refractivity contribution is 5.89. The third-order valence-corrected chi connectivity index (χ3v) is 4.30. The molecule has 0 aliphatic carbocycles. The van der Waals surface area contributed by atoms with Crippen molar-refractivity contribution in [1.29, 1.82) is 0 Å². The van der Waals surface area contributed by atoms with Crippen molar-refractivity contribution in [1.82, 2.24) is 9.55 Å². The van der Waals surface area contributed by atoms with Crippen LogP contribution in [0.5, 0.6) is 0 Å². The Labute approximate surface area is 131 Å². The largest absolute Gasteiger partial charge is 0.467 e. The molecule has 1 atom stereocenters. The van der Waals surface area contributed by atoms with Crippen LogP contribution < -0.4 is 5.73 Å². The van der Waals surface area contributed by atoms with Gasteiger partial charge in [0.25, 0.3) is 0 Å². The molecule has 1 aromatic heterocycles. The lowest BCUT2D eigenvalue weighted by atomic mass is 10.0. The van der Waals surface area contributed by atoms with E-state index in [1.54, 1.807) is 0 Å². The summed E-state index contributed by atoms with van der Waals surface area (Å²) in [6.45, 7) is 6.26. The summed E-state index contributed by atoms with van der Waals surface area (Å²) >= 11 is 0. The van der Waals surface area contributed by atoms with Gasteiger partial charge in [-0.1, -0.05) is 26.8 Å². The zero-order valence-electron chi connectivity index (χ0n) is 13.8. The van der Waals surface area contributed by atoms with E-state index in [9.17, 15) is 4.79 Å². The summed E-state index contributed by atoms with van der Waals surface area (Å²) in [5.74, 6) is 0.983. The first-order valence-corrected chi connectivity index (χ1v) is 7.93. The highest BCUT2D eigenvalue weighted by Crippen LogP contribution is 2.33. The number of imidazole rings is 1. The standard InChI is InChI=1S/C17H25N3O2/c1-5-11(6-2)16-19-15-12(18)9-8-10-14(15)20(16)13(7-3)17(21)22-4/h8-11,13H,5-7,18H2,1-4H3. The van der Waals surface area contributed by atoms with Crippen LogP contribution in [0.25, 0.3) is 11.0 Å². The monoisotopic (exact) mass is 303 g/mol. The molecule has 120 valence electrons. The van der Waals surface area contributed by atoms with E-state index >= 15 is 0 Å².